The van der Waals surface area contributed by atoms with Gasteiger partial charge in [0.05, 0.1) is 10.9 Å². The van der Waals surface area contributed by atoms with E-state index in [0.29, 0.717) is 59.9 Å². The zero-order valence-corrected chi connectivity index (χ0v) is 21.9. The van der Waals surface area contributed by atoms with Gasteiger partial charge >= 0.3 is 0 Å². The summed E-state index contributed by atoms with van der Waals surface area (Å²) in [6.45, 7) is 5.82. The van der Waals surface area contributed by atoms with Gasteiger partial charge in [0.15, 0.2) is 5.16 Å². The highest BCUT2D eigenvalue weighted by Crippen LogP contribution is 2.25. The van der Waals surface area contributed by atoms with E-state index in [1.807, 2.05) is 0 Å². The van der Waals surface area contributed by atoms with Crippen molar-refractivity contribution in [3.63, 3.8) is 0 Å². The second-order valence-corrected chi connectivity index (χ2v) is 10.5. The fourth-order valence-electron chi connectivity index (χ4n) is 4.54. The monoisotopic (exact) mass is 506 g/mol. The van der Waals surface area contributed by atoms with Crippen LogP contribution < -0.4 is 11.3 Å². The normalized spacial score (nSPS) is 14.3. The Morgan fingerprint density at radius 1 is 1.08 bits per heavy atom. The molecule has 0 radical (unpaired) electrons. The van der Waals surface area contributed by atoms with Crippen LogP contribution in [0.1, 0.15) is 60.5 Å². The number of aromatic nitrogens is 2. The van der Waals surface area contributed by atoms with Crippen LogP contribution in [0.5, 0.6) is 0 Å². The number of carbonyl (C=O) groups is 2. The molecule has 0 bridgehead atoms. The summed E-state index contributed by atoms with van der Waals surface area (Å²) in [5, 5.41) is 1.20. The van der Waals surface area contributed by atoms with Gasteiger partial charge in [-0.15, -0.1) is 0 Å². The molecular formula is C28H34N4O3S. The van der Waals surface area contributed by atoms with Crippen molar-refractivity contribution >= 4 is 34.5 Å². The van der Waals surface area contributed by atoms with Gasteiger partial charge in [0.2, 0.25) is 5.91 Å². The number of primary amides is 1. The quantitative estimate of drug-likeness (QED) is 0.261. The topological polar surface area (TPSA) is 98.3 Å². The van der Waals surface area contributed by atoms with E-state index in [-0.39, 0.29) is 23.3 Å². The number of aryl methyl sites for hydroxylation is 1. The third-order valence-corrected chi connectivity index (χ3v) is 7.87. The zero-order chi connectivity index (χ0) is 25.7. The maximum Gasteiger partial charge on any atom is 0.262 e. The summed E-state index contributed by atoms with van der Waals surface area (Å²) in [5.74, 6) is 0.122. The lowest BCUT2D eigenvalue weighted by atomic mass is 9.96. The molecule has 2 aromatic carbocycles. The minimum absolute atomic E-state index is 0.0659. The smallest absolute Gasteiger partial charge is 0.262 e. The van der Waals surface area contributed by atoms with Crippen LogP contribution in [0.15, 0.2) is 52.4 Å². The number of amides is 2. The van der Waals surface area contributed by atoms with E-state index in [2.05, 4.69) is 38.1 Å². The van der Waals surface area contributed by atoms with E-state index in [9.17, 15) is 14.4 Å². The number of piperidine rings is 1. The summed E-state index contributed by atoms with van der Waals surface area (Å²) in [4.78, 5) is 44.7. The number of nitrogens with two attached hydrogens (primary N) is 1. The number of nitrogens with zero attached hydrogens (tertiary/aromatic N) is 3. The minimum Gasteiger partial charge on any atom is -0.369 e. The fourth-order valence-corrected chi connectivity index (χ4v) is 5.52. The molecule has 2 N–H and O–H groups in total. The van der Waals surface area contributed by atoms with Crippen molar-refractivity contribution in [2.45, 2.75) is 63.4 Å². The third-order valence-electron chi connectivity index (χ3n) is 6.83. The largest absolute Gasteiger partial charge is 0.369 e. The predicted octanol–water partition coefficient (Wildman–Crippen LogP) is 4.52. The number of carbonyl (C=O) groups excluding carboxylic acids is 2. The summed E-state index contributed by atoms with van der Waals surface area (Å²) in [6.07, 6.45) is 4.19. The first-order chi connectivity index (χ1) is 17.4. The molecule has 1 aromatic heterocycles. The second-order valence-electron chi connectivity index (χ2n) is 9.53. The van der Waals surface area contributed by atoms with Crippen molar-refractivity contribution < 1.29 is 9.59 Å². The summed E-state index contributed by atoms with van der Waals surface area (Å²) in [7, 11) is 0. The molecule has 1 fully saturated rings. The molecule has 0 saturated carbocycles. The molecule has 8 heteroatoms. The van der Waals surface area contributed by atoms with Gasteiger partial charge in [-0.1, -0.05) is 61.4 Å². The number of hydrogen-bond donors (Lipinski definition) is 1. The van der Waals surface area contributed by atoms with E-state index >= 15 is 0 Å². The molecule has 1 saturated heterocycles. The Balaban J connectivity index is 1.62. The summed E-state index contributed by atoms with van der Waals surface area (Å²) >= 11 is 1.55. The molecule has 36 heavy (non-hydrogen) atoms. The van der Waals surface area contributed by atoms with Gasteiger partial charge in [0.25, 0.3) is 11.5 Å². The average Bonchev–Trinajstić information content (AvgIpc) is 2.89. The maximum atomic E-state index is 13.5. The molecule has 0 atom stereocenters. The highest BCUT2D eigenvalue weighted by Gasteiger charge is 2.27. The molecule has 190 valence electrons. The lowest BCUT2D eigenvalue weighted by molar-refractivity contribution is -0.123. The van der Waals surface area contributed by atoms with Gasteiger partial charge in [0.1, 0.15) is 0 Å². The Hall–Kier alpha value is -3.13. The molecule has 2 amide bonds. The number of hydrogen-bond acceptors (Lipinski definition) is 5. The second kappa shape index (κ2) is 11.7. The van der Waals surface area contributed by atoms with Crippen LogP contribution in [-0.2, 0) is 17.1 Å². The number of thioether (sulfide) groups is 1. The van der Waals surface area contributed by atoms with Crippen LogP contribution in [0.4, 0.5) is 0 Å². The highest BCUT2D eigenvalue weighted by molar-refractivity contribution is 7.98. The molecule has 4 rings (SSSR count). The molecular weight excluding hydrogens is 472 g/mol. The van der Waals surface area contributed by atoms with E-state index in [1.165, 1.54) is 11.1 Å². The summed E-state index contributed by atoms with van der Waals surface area (Å²) < 4.78 is 1.78. The van der Waals surface area contributed by atoms with E-state index in [1.54, 1.807) is 39.4 Å². The van der Waals surface area contributed by atoms with Crippen molar-refractivity contribution in [3.8, 4) is 0 Å². The van der Waals surface area contributed by atoms with Gasteiger partial charge in [-0.3, -0.25) is 19.0 Å². The number of likely N-dealkylation sites (tertiary alicyclic amines) is 1. The summed E-state index contributed by atoms with van der Waals surface area (Å²) in [5.41, 5.74) is 8.78. The van der Waals surface area contributed by atoms with Gasteiger partial charge in [0, 0.05) is 36.9 Å². The Bertz CT molecular complexity index is 1290. The van der Waals surface area contributed by atoms with Crippen molar-refractivity contribution in [1.29, 1.82) is 0 Å². The first-order valence-corrected chi connectivity index (χ1v) is 13.7. The summed E-state index contributed by atoms with van der Waals surface area (Å²) in [6, 6.07) is 13.5. The molecule has 2 heterocycles. The lowest BCUT2D eigenvalue weighted by Crippen LogP contribution is -2.41. The SMILES string of the molecule is CCCCCn1c(SCc2ccc(C)cc2)nc2cc(C(=O)N3CCC(C(N)=O)CC3)ccc2c1=O. The first kappa shape index (κ1) is 25.9. The zero-order valence-electron chi connectivity index (χ0n) is 21.0. The average molecular weight is 507 g/mol. The Labute approximate surface area is 216 Å². The van der Waals surface area contributed by atoms with Crippen LogP contribution in [0.2, 0.25) is 0 Å². The molecule has 0 aliphatic carbocycles. The van der Waals surface area contributed by atoms with Crippen LogP contribution in [-0.4, -0.2) is 39.4 Å². The van der Waals surface area contributed by atoms with Crippen LogP contribution in [0.25, 0.3) is 10.9 Å². The van der Waals surface area contributed by atoms with E-state index in [0.717, 1.165) is 19.3 Å². The van der Waals surface area contributed by atoms with Gasteiger partial charge in [-0.05, 0) is 49.9 Å². The molecule has 3 aromatic rings. The molecule has 7 nitrogen and oxygen atoms in total. The van der Waals surface area contributed by atoms with Crippen LogP contribution in [0, 0.1) is 12.8 Å². The standard InChI is InChI=1S/C28H34N4O3S/c1-3-4-5-14-32-27(35)23-11-10-22(26(34)31-15-12-21(13-16-31)25(29)33)17-24(23)30-28(32)36-18-20-8-6-19(2)7-9-20/h6-11,17,21H,3-5,12-16,18H2,1-2H3,(H2,29,33). The molecule has 0 spiro atoms. The Kier molecular flexibility index (Phi) is 8.46. The minimum atomic E-state index is -0.303. The first-order valence-electron chi connectivity index (χ1n) is 12.7. The van der Waals surface area contributed by atoms with E-state index < -0.39 is 0 Å². The number of unbranched alkanes of at least 4 members (excludes halogenated alkanes) is 2. The van der Waals surface area contributed by atoms with Crippen molar-refractivity contribution in [2.75, 3.05) is 13.1 Å². The molecule has 1 aliphatic rings. The van der Waals surface area contributed by atoms with Gasteiger partial charge in [-0.25, -0.2) is 4.98 Å². The van der Waals surface area contributed by atoms with Crippen molar-refractivity contribution in [3.05, 3.63) is 69.5 Å². The Morgan fingerprint density at radius 2 is 1.81 bits per heavy atom. The van der Waals surface area contributed by atoms with E-state index in [4.69, 9.17) is 10.7 Å². The van der Waals surface area contributed by atoms with Crippen molar-refractivity contribution in [1.82, 2.24) is 14.5 Å². The molecule has 0 unspecified atom stereocenters. The Morgan fingerprint density at radius 3 is 2.47 bits per heavy atom. The number of fused-ring (bicyclic) bond motifs is 1. The maximum absolute atomic E-state index is 13.5. The fraction of sp³-hybridized carbons (Fsp3) is 0.429. The molecule has 1 aliphatic heterocycles. The van der Waals surface area contributed by atoms with Crippen LogP contribution in [0.3, 0.4) is 0 Å². The lowest BCUT2D eigenvalue weighted by Gasteiger charge is -2.30. The number of rotatable bonds is 9. The van der Waals surface area contributed by atoms with Crippen LogP contribution >= 0.6 is 11.8 Å². The third kappa shape index (κ3) is 5.98. The van der Waals surface area contributed by atoms with Crippen molar-refractivity contribution in [2.24, 2.45) is 11.7 Å². The predicted molar refractivity (Wildman–Crippen MR) is 144 cm³/mol. The number of benzene rings is 2. The van der Waals surface area contributed by atoms with Gasteiger partial charge < -0.3 is 10.6 Å². The highest BCUT2D eigenvalue weighted by atomic mass is 32.2. The van der Waals surface area contributed by atoms with Gasteiger partial charge in [-0.2, -0.15) is 0 Å².